The third-order valence-corrected chi connectivity index (χ3v) is 3.67. The minimum absolute atomic E-state index is 0.0797. The van der Waals surface area contributed by atoms with E-state index in [1.54, 1.807) is 0 Å². The number of hydrogen-bond acceptors (Lipinski definition) is 3. The van der Waals surface area contributed by atoms with Crippen molar-refractivity contribution in [1.29, 1.82) is 0 Å². The molecule has 0 saturated carbocycles. The van der Waals surface area contributed by atoms with Crippen molar-refractivity contribution in [2.45, 2.75) is 31.4 Å². The quantitative estimate of drug-likeness (QED) is 0.881. The standard InChI is InChI=1S/C15H18N2O/c16-15(14-7-3-4-8-18-14)13-10-17-9-11-5-1-2-6-12(11)13/h1-2,5-6,9-10,14-15H,3-4,7-8,16H2. The average Bonchev–Trinajstić information content (AvgIpc) is 2.47. The number of benzene rings is 1. The summed E-state index contributed by atoms with van der Waals surface area (Å²) in [6.07, 6.45) is 7.29. The van der Waals surface area contributed by atoms with Crippen LogP contribution < -0.4 is 5.73 Å². The molecule has 2 unspecified atom stereocenters. The molecule has 0 bridgehead atoms. The van der Waals surface area contributed by atoms with E-state index < -0.39 is 0 Å². The van der Waals surface area contributed by atoms with Crippen LogP contribution in [0.25, 0.3) is 10.8 Å². The van der Waals surface area contributed by atoms with Gasteiger partial charge in [-0.3, -0.25) is 4.98 Å². The molecule has 2 heterocycles. The normalized spacial score (nSPS) is 21.9. The zero-order valence-corrected chi connectivity index (χ0v) is 10.4. The first-order valence-electron chi connectivity index (χ1n) is 6.56. The van der Waals surface area contributed by atoms with Crippen LogP contribution in [-0.4, -0.2) is 17.7 Å². The second kappa shape index (κ2) is 5.04. The van der Waals surface area contributed by atoms with Gasteiger partial charge >= 0.3 is 0 Å². The number of nitrogens with zero attached hydrogens (tertiary/aromatic N) is 1. The zero-order valence-electron chi connectivity index (χ0n) is 10.4. The molecule has 2 aromatic rings. The third-order valence-electron chi connectivity index (χ3n) is 3.67. The van der Waals surface area contributed by atoms with E-state index in [2.05, 4.69) is 17.1 Å². The number of rotatable bonds is 2. The van der Waals surface area contributed by atoms with Gasteiger partial charge in [-0.15, -0.1) is 0 Å². The van der Waals surface area contributed by atoms with Gasteiger partial charge in [-0.1, -0.05) is 24.3 Å². The summed E-state index contributed by atoms with van der Waals surface area (Å²) < 4.78 is 5.79. The molecular weight excluding hydrogens is 224 g/mol. The maximum absolute atomic E-state index is 6.37. The Morgan fingerprint density at radius 2 is 2.11 bits per heavy atom. The predicted octanol–water partition coefficient (Wildman–Crippen LogP) is 2.80. The fourth-order valence-electron chi connectivity index (χ4n) is 2.65. The topological polar surface area (TPSA) is 48.1 Å². The summed E-state index contributed by atoms with van der Waals surface area (Å²) >= 11 is 0. The molecule has 2 N–H and O–H groups in total. The summed E-state index contributed by atoms with van der Waals surface area (Å²) in [6, 6.07) is 8.16. The first-order valence-corrected chi connectivity index (χ1v) is 6.56. The summed E-state index contributed by atoms with van der Waals surface area (Å²) in [7, 11) is 0. The number of pyridine rings is 1. The van der Waals surface area contributed by atoms with Crippen molar-refractivity contribution in [3.8, 4) is 0 Å². The van der Waals surface area contributed by atoms with E-state index in [0.717, 1.165) is 30.4 Å². The molecule has 1 aromatic heterocycles. The Hall–Kier alpha value is -1.45. The summed E-state index contributed by atoms with van der Waals surface area (Å²) in [6.45, 7) is 0.830. The number of ether oxygens (including phenoxy) is 1. The van der Waals surface area contributed by atoms with Gasteiger partial charge in [-0.05, 0) is 30.2 Å². The summed E-state index contributed by atoms with van der Waals surface area (Å²) in [5, 5.41) is 2.33. The summed E-state index contributed by atoms with van der Waals surface area (Å²) in [4.78, 5) is 4.29. The van der Waals surface area contributed by atoms with Crippen LogP contribution in [0, 0.1) is 0 Å². The van der Waals surface area contributed by atoms with Gasteiger partial charge in [0.1, 0.15) is 0 Å². The number of fused-ring (bicyclic) bond motifs is 1. The molecule has 1 aliphatic heterocycles. The molecule has 2 atom stereocenters. The van der Waals surface area contributed by atoms with Crippen LogP contribution in [-0.2, 0) is 4.74 Å². The highest BCUT2D eigenvalue weighted by atomic mass is 16.5. The molecule has 0 amide bonds. The van der Waals surface area contributed by atoms with E-state index >= 15 is 0 Å². The van der Waals surface area contributed by atoms with Gasteiger partial charge in [0.05, 0.1) is 12.1 Å². The lowest BCUT2D eigenvalue weighted by molar-refractivity contribution is 0.000220. The summed E-state index contributed by atoms with van der Waals surface area (Å²) in [5.41, 5.74) is 7.47. The van der Waals surface area contributed by atoms with E-state index in [-0.39, 0.29) is 12.1 Å². The molecule has 1 aromatic carbocycles. The van der Waals surface area contributed by atoms with Crippen molar-refractivity contribution in [1.82, 2.24) is 4.98 Å². The lowest BCUT2D eigenvalue weighted by Crippen LogP contribution is -2.32. The highest BCUT2D eigenvalue weighted by molar-refractivity contribution is 5.85. The first kappa shape index (κ1) is 11.6. The van der Waals surface area contributed by atoms with Crippen LogP contribution in [0.4, 0.5) is 0 Å². The van der Waals surface area contributed by atoms with E-state index in [4.69, 9.17) is 10.5 Å². The van der Waals surface area contributed by atoms with Gasteiger partial charge in [-0.2, -0.15) is 0 Å². The molecule has 94 valence electrons. The SMILES string of the molecule is NC(c1cncc2ccccc12)C1CCCCO1. The second-order valence-electron chi connectivity index (χ2n) is 4.88. The molecule has 1 fully saturated rings. The van der Waals surface area contributed by atoms with Crippen molar-refractivity contribution in [3.63, 3.8) is 0 Å². The largest absolute Gasteiger partial charge is 0.376 e. The molecule has 3 heteroatoms. The Bertz CT molecular complexity index is 530. The Balaban J connectivity index is 1.97. The lowest BCUT2D eigenvalue weighted by atomic mass is 9.94. The second-order valence-corrected chi connectivity index (χ2v) is 4.88. The van der Waals surface area contributed by atoms with Crippen molar-refractivity contribution in [2.75, 3.05) is 6.61 Å². The van der Waals surface area contributed by atoms with Crippen molar-refractivity contribution < 1.29 is 4.74 Å². The van der Waals surface area contributed by atoms with Gasteiger partial charge in [0, 0.05) is 24.4 Å². The first-order chi connectivity index (χ1) is 8.86. The van der Waals surface area contributed by atoms with Crippen LogP contribution in [0.5, 0.6) is 0 Å². The highest BCUT2D eigenvalue weighted by Gasteiger charge is 2.24. The third kappa shape index (κ3) is 2.11. The van der Waals surface area contributed by atoms with Gasteiger partial charge < -0.3 is 10.5 Å². The predicted molar refractivity (Wildman–Crippen MR) is 72.3 cm³/mol. The van der Waals surface area contributed by atoms with E-state index in [1.165, 1.54) is 11.8 Å². The van der Waals surface area contributed by atoms with Crippen molar-refractivity contribution >= 4 is 10.8 Å². The number of hydrogen-bond donors (Lipinski definition) is 1. The molecule has 18 heavy (non-hydrogen) atoms. The van der Waals surface area contributed by atoms with Crippen LogP contribution >= 0.6 is 0 Å². The van der Waals surface area contributed by atoms with Gasteiger partial charge in [0.2, 0.25) is 0 Å². The van der Waals surface area contributed by atoms with Crippen LogP contribution in [0.1, 0.15) is 30.9 Å². The Labute approximate surface area is 107 Å². The molecule has 0 radical (unpaired) electrons. The zero-order chi connectivity index (χ0) is 12.4. The fraction of sp³-hybridized carbons (Fsp3) is 0.400. The molecule has 3 nitrogen and oxygen atoms in total. The number of aromatic nitrogens is 1. The van der Waals surface area contributed by atoms with Crippen molar-refractivity contribution in [3.05, 3.63) is 42.2 Å². The Kier molecular flexibility index (Phi) is 3.26. The maximum Gasteiger partial charge on any atom is 0.0768 e. The smallest absolute Gasteiger partial charge is 0.0768 e. The van der Waals surface area contributed by atoms with E-state index in [0.29, 0.717) is 0 Å². The molecule has 0 spiro atoms. The van der Waals surface area contributed by atoms with Crippen LogP contribution in [0.3, 0.4) is 0 Å². The Morgan fingerprint density at radius 1 is 1.22 bits per heavy atom. The summed E-state index contributed by atoms with van der Waals surface area (Å²) in [5.74, 6) is 0. The van der Waals surface area contributed by atoms with Gasteiger partial charge in [0.15, 0.2) is 0 Å². The monoisotopic (exact) mass is 242 g/mol. The Morgan fingerprint density at radius 3 is 2.94 bits per heavy atom. The average molecular weight is 242 g/mol. The highest BCUT2D eigenvalue weighted by Crippen LogP contribution is 2.28. The van der Waals surface area contributed by atoms with E-state index in [9.17, 15) is 0 Å². The minimum atomic E-state index is -0.0797. The molecule has 1 saturated heterocycles. The molecule has 1 aliphatic rings. The van der Waals surface area contributed by atoms with Crippen molar-refractivity contribution in [2.24, 2.45) is 5.73 Å². The van der Waals surface area contributed by atoms with Crippen LogP contribution in [0.2, 0.25) is 0 Å². The number of nitrogens with two attached hydrogens (primary N) is 1. The lowest BCUT2D eigenvalue weighted by Gasteiger charge is -2.28. The fourth-order valence-corrected chi connectivity index (χ4v) is 2.65. The molecule has 3 rings (SSSR count). The van der Waals surface area contributed by atoms with E-state index in [1.807, 2.05) is 24.5 Å². The molecular formula is C15H18N2O. The molecule has 0 aliphatic carbocycles. The van der Waals surface area contributed by atoms with Gasteiger partial charge in [0.25, 0.3) is 0 Å². The maximum atomic E-state index is 6.37. The van der Waals surface area contributed by atoms with Crippen LogP contribution in [0.15, 0.2) is 36.7 Å². The van der Waals surface area contributed by atoms with Gasteiger partial charge in [-0.25, -0.2) is 0 Å². The minimum Gasteiger partial charge on any atom is -0.376 e.